The Hall–Kier alpha value is 0.350. The van der Waals surface area contributed by atoms with Crippen LogP contribution in [0.2, 0.25) is 0 Å². The summed E-state index contributed by atoms with van der Waals surface area (Å²) in [7, 11) is -5.45. The topological polar surface area (TPSA) is 268 Å². The van der Waals surface area contributed by atoms with E-state index in [-0.39, 0.29) is 36.1 Å². The molecule has 0 aliphatic carbocycles. The van der Waals surface area contributed by atoms with Crippen LogP contribution in [-0.4, -0.2) is 171 Å². The minimum absolute atomic E-state index is 0. The molecule has 0 bridgehead atoms. The third-order valence-corrected chi connectivity index (χ3v) is 9.36. The van der Waals surface area contributed by atoms with E-state index in [1.807, 2.05) is 0 Å². The van der Waals surface area contributed by atoms with Crippen LogP contribution in [0.3, 0.4) is 0 Å². The van der Waals surface area contributed by atoms with Gasteiger partial charge in [0.1, 0.15) is 54.9 Å². The molecule has 8 N–H and O–H groups in total. The van der Waals surface area contributed by atoms with Crippen molar-refractivity contribution >= 4 is 10.4 Å². The Labute approximate surface area is 298 Å². The molecule has 0 unspecified atom stereocenters. The van der Waals surface area contributed by atoms with E-state index >= 15 is 0 Å². The Morgan fingerprint density at radius 3 is 1.89 bits per heavy atom. The minimum Gasteiger partial charge on any atom is -0.726 e. The second kappa shape index (κ2) is 20.4. The minimum atomic E-state index is -5.45. The van der Waals surface area contributed by atoms with E-state index in [0.29, 0.717) is 13.0 Å². The van der Waals surface area contributed by atoms with E-state index < -0.39 is 109 Å². The Morgan fingerprint density at radius 1 is 0.745 bits per heavy atom. The molecule has 47 heavy (non-hydrogen) atoms. The van der Waals surface area contributed by atoms with Crippen LogP contribution in [0.15, 0.2) is 0 Å². The molecule has 0 spiro atoms. The van der Waals surface area contributed by atoms with E-state index in [2.05, 4.69) is 11.1 Å². The molecule has 0 aromatic carbocycles. The molecule has 272 valence electrons. The summed E-state index contributed by atoms with van der Waals surface area (Å²) in [6.07, 6.45) is -13.0. The largest absolute Gasteiger partial charge is 1.00 e. The fourth-order valence-electron chi connectivity index (χ4n) is 6.24. The zero-order valence-electron chi connectivity index (χ0n) is 27.3. The number of ether oxygens (including phenoxy) is 4. The Kier molecular flexibility index (Phi) is 18.9. The summed E-state index contributed by atoms with van der Waals surface area (Å²) in [5.74, 6) is 0. The van der Waals surface area contributed by atoms with Gasteiger partial charge in [-0.2, -0.15) is 0 Å². The molecule has 0 aromatic rings. The van der Waals surface area contributed by atoms with Crippen LogP contribution in [0.4, 0.5) is 0 Å². The van der Waals surface area contributed by atoms with Crippen molar-refractivity contribution in [1.29, 1.82) is 0 Å². The van der Waals surface area contributed by atoms with Crippen molar-refractivity contribution in [1.82, 2.24) is 4.90 Å². The molecule has 3 aliphatic heterocycles. The number of hydrogen-bond donors (Lipinski definition) is 8. The van der Waals surface area contributed by atoms with E-state index in [0.717, 1.165) is 32.1 Å². The van der Waals surface area contributed by atoms with Gasteiger partial charge in [0.25, 0.3) is 0 Å². The summed E-state index contributed by atoms with van der Waals surface area (Å²) in [6.45, 7) is 2.51. The predicted octanol–water partition coefficient (Wildman–Crippen LogP) is -5.95. The van der Waals surface area contributed by atoms with Crippen molar-refractivity contribution in [2.75, 3.05) is 26.3 Å². The van der Waals surface area contributed by atoms with Crippen molar-refractivity contribution in [3.63, 3.8) is 0 Å². The van der Waals surface area contributed by atoms with Crippen molar-refractivity contribution in [3.8, 4) is 0 Å². The smallest absolute Gasteiger partial charge is 0.726 e. The molecule has 0 amide bonds. The summed E-state index contributed by atoms with van der Waals surface area (Å²) >= 11 is 0. The van der Waals surface area contributed by atoms with Gasteiger partial charge in [0.05, 0.1) is 31.5 Å². The van der Waals surface area contributed by atoms with E-state index in [1.165, 1.54) is 19.8 Å². The normalized spacial score (nSPS) is 40.2. The fraction of sp³-hybridized carbons (Fsp3) is 1.00. The standard InChI is InChI=1S/C28H53NO16S.Na/c1-3-4-5-6-7-8-9-10-11-29-12-17(32)25(44-27-22(36)21(35)19(33)15(2)41-27)24(16(29)13-30)43-28-23(37)26(45-46(38,39)40)20(34)18(14-31)42-28;/h15-28,30-37H,3-14H2,1-2H3,(H,38,39,40);/q;+1/p-1/t15-,16+,17-,18+,19+,20-,21+,22-,23+,24+,25+,26-,27-,28-;/m0./s1. The first kappa shape index (κ1) is 43.5. The fourth-order valence-corrected chi connectivity index (χ4v) is 6.74. The molecule has 19 heteroatoms. The van der Waals surface area contributed by atoms with Crippen molar-refractivity contribution < 1.29 is 107 Å². The second-order valence-electron chi connectivity index (χ2n) is 12.3. The molecule has 0 saturated carbocycles. The van der Waals surface area contributed by atoms with Crippen molar-refractivity contribution in [2.45, 2.75) is 151 Å². The van der Waals surface area contributed by atoms with E-state index in [9.17, 15) is 53.8 Å². The number of piperidine rings is 1. The third kappa shape index (κ3) is 11.9. The number of unbranched alkanes of at least 4 members (excludes halogenated alkanes) is 7. The molecule has 3 saturated heterocycles. The summed E-state index contributed by atoms with van der Waals surface area (Å²) in [4.78, 5) is 1.75. The number of β-amino-alcohol motifs (C(OH)–C–C–N with tert-alkyl or cyclic N) is 1. The van der Waals surface area contributed by atoms with Gasteiger partial charge in [0.15, 0.2) is 12.6 Å². The average molecular weight is 714 g/mol. The first-order chi connectivity index (χ1) is 21.7. The van der Waals surface area contributed by atoms with Crippen LogP contribution in [0.25, 0.3) is 0 Å². The third-order valence-electron chi connectivity index (χ3n) is 8.90. The molecular formula is C28H52NNaO16S. The first-order valence-corrected chi connectivity index (χ1v) is 17.4. The van der Waals surface area contributed by atoms with Crippen LogP contribution < -0.4 is 29.6 Å². The summed E-state index contributed by atoms with van der Waals surface area (Å²) in [5, 5.41) is 83.8. The summed E-state index contributed by atoms with van der Waals surface area (Å²) in [6, 6.07) is -0.940. The zero-order chi connectivity index (χ0) is 34.2. The molecule has 3 rings (SSSR count). The molecule has 0 aromatic heterocycles. The number of rotatable bonds is 17. The molecule has 3 heterocycles. The van der Waals surface area contributed by atoms with Gasteiger partial charge in [-0.3, -0.25) is 9.08 Å². The average Bonchev–Trinajstić information content (AvgIpc) is 3.00. The maximum atomic E-state index is 11.3. The van der Waals surface area contributed by atoms with Crippen LogP contribution in [0.1, 0.15) is 65.2 Å². The van der Waals surface area contributed by atoms with E-state index in [1.54, 1.807) is 4.90 Å². The monoisotopic (exact) mass is 713 g/mol. The van der Waals surface area contributed by atoms with Gasteiger partial charge in [-0.15, -0.1) is 0 Å². The van der Waals surface area contributed by atoms with Gasteiger partial charge in [0, 0.05) is 6.54 Å². The maximum Gasteiger partial charge on any atom is 1.00 e. The second-order valence-corrected chi connectivity index (χ2v) is 13.4. The maximum absolute atomic E-state index is 11.3. The van der Waals surface area contributed by atoms with Crippen LogP contribution in [-0.2, 0) is 33.5 Å². The predicted molar refractivity (Wildman–Crippen MR) is 155 cm³/mol. The van der Waals surface area contributed by atoms with Gasteiger partial charge < -0.3 is 64.4 Å². The summed E-state index contributed by atoms with van der Waals surface area (Å²) < 4.78 is 61.4. The van der Waals surface area contributed by atoms with Gasteiger partial charge in [-0.1, -0.05) is 51.9 Å². The molecule has 3 aliphatic rings. The van der Waals surface area contributed by atoms with Gasteiger partial charge in [-0.05, 0) is 19.9 Å². The van der Waals surface area contributed by atoms with E-state index in [4.69, 9.17) is 18.9 Å². The molecule has 14 atom stereocenters. The number of nitrogens with zero attached hydrogens (tertiary/aromatic N) is 1. The van der Waals surface area contributed by atoms with Crippen LogP contribution >= 0.6 is 0 Å². The Balaban J connectivity index is 0.00000768. The molecule has 0 radical (unpaired) electrons. The van der Waals surface area contributed by atoms with Crippen molar-refractivity contribution in [2.24, 2.45) is 0 Å². The Morgan fingerprint density at radius 2 is 1.32 bits per heavy atom. The van der Waals surface area contributed by atoms with Crippen molar-refractivity contribution in [3.05, 3.63) is 0 Å². The number of likely N-dealkylation sites (tertiary alicyclic amines) is 1. The number of aliphatic hydroxyl groups is 8. The van der Waals surface area contributed by atoms with Crippen LogP contribution in [0, 0.1) is 0 Å². The zero-order valence-corrected chi connectivity index (χ0v) is 30.1. The number of hydrogen-bond acceptors (Lipinski definition) is 17. The quantitative estimate of drug-likeness (QED) is 0.0302. The van der Waals surface area contributed by atoms with Gasteiger partial charge in [0.2, 0.25) is 10.4 Å². The SMILES string of the molecule is CCCCCCCCCCN1C[C@H](O)[C@@H](O[C@@H]2O[C@@H](C)[C@@H](O)[C@@H](O)[C@@H]2O)[C@H](O[C@@H]2O[C@H](CO)[C@H](O)[C@H](OS(=O)(=O)[O-])[C@H]2O)[C@H]1CO.[Na+]. The molecular weight excluding hydrogens is 661 g/mol. The number of aliphatic hydroxyl groups excluding tert-OH is 8. The van der Waals surface area contributed by atoms with Crippen LogP contribution in [0.5, 0.6) is 0 Å². The Bertz CT molecular complexity index is 1000. The molecule has 3 fully saturated rings. The first-order valence-electron chi connectivity index (χ1n) is 16.0. The summed E-state index contributed by atoms with van der Waals surface area (Å²) in [5.41, 5.74) is 0. The van der Waals surface area contributed by atoms with Gasteiger partial charge in [-0.25, -0.2) is 8.42 Å². The van der Waals surface area contributed by atoms with Gasteiger partial charge >= 0.3 is 29.6 Å². The molecule has 17 nitrogen and oxygen atoms in total.